The van der Waals surface area contributed by atoms with Crippen molar-refractivity contribution in [1.29, 1.82) is 0 Å². The summed E-state index contributed by atoms with van der Waals surface area (Å²) in [7, 11) is 0. The smallest absolute Gasteiger partial charge is 0.259 e. The molecule has 0 saturated heterocycles. The van der Waals surface area contributed by atoms with Crippen LogP contribution in [-0.4, -0.2) is 5.91 Å². The lowest BCUT2D eigenvalue weighted by Crippen LogP contribution is -2.12. The number of anilines is 1. The molecule has 1 aromatic heterocycles. The van der Waals surface area contributed by atoms with Crippen LogP contribution in [0.4, 0.5) is 5.69 Å². The minimum absolute atomic E-state index is 0.218. The Hall–Kier alpha value is -2.23. The van der Waals surface area contributed by atoms with E-state index in [4.69, 9.17) is 27.6 Å². The number of nitrogens with one attached hydrogen (secondary N) is 1. The average Bonchev–Trinajstić information content (AvgIpc) is 2.91. The minimum Gasteiger partial charge on any atom is -0.461 e. The first kappa shape index (κ1) is 16.6. The molecule has 5 heteroatoms. The standard InChI is InChI=1S/C19H15Cl2NO2/c1-11-5-3-4-6-17(11)22-19(23)16-10-18(24-12(16)2)13-7-14(20)9-15(21)8-13/h3-10H,1-2H3,(H,22,23). The summed E-state index contributed by atoms with van der Waals surface area (Å²) < 4.78 is 5.72. The number of halogens is 2. The highest BCUT2D eigenvalue weighted by Gasteiger charge is 2.17. The Kier molecular flexibility index (Phi) is 4.65. The van der Waals surface area contributed by atoms with Gasteiger partial charge in [0.1, 0.15) is 11.5 Å². The molecule has 0 aliphatic heterocycles. The van der Waals surface area contributed by atoms with Crippen molar-refractivity contribution >= 4 is 34.8 Å². The second kappa shape index (κ2) is 6.71. The molecule has 3 rings (SSSR count). The van der Waals surface area contributed by atoms with Gasteiger partial charge < -0.3 is 9.73 Å². The Balaban J connectivity index is 1.91. The number of para-hydroxylation sites is 1. The van der Waals surface area contributed by atoms with Crippen molar-refractivity contribution in [2.45, 2.75) is 13.8 Å². The van der Waals surface area contributed by atoms with Gasteiger partial charge in [-0.25, -0.2) is 0 Å². The highest BCUT2D eigenvalue weighted by Crippen LogP contribution is 2.30. The fourth-order valence-electron chi connectivity index (χ4n) is 2.45. The molecule has 0 unspecified atom stereocenters. The zero-order valence-electron chi connectivity index (χ0n) is 13.2. The Bertz CT molecular complexity index is 895. The number of furan rings is 1. The molecule has 3 aromatic rings. The SMILES string of the molecule is Cc1ccccc1NC(=O)c1cc(-c2cc(Cl)cc(Cl)c2)oc1C. The second-order valence-corrected chi connectivity index (χ2v) is 6.38. The quantitative estimate of drug-likeness (QED) is 0.611. The van der Waals surface area contributed by atoms with Crippen molar-refractivity contribution in [3.8, 4) is 11.3 Å². The van der Waals surface area contributed by atoms with E-state index in [0.717, 1.165) is 16.8 Å². The normalized spacial score (nSPS) is 10.7. The minimum atomic E-state index is -0.218. The van der Waals surface area contributed by atoms with Crippen molar-refractivity contribution in [2.75, 3.05) is 5.32 Å². The van der Waals surface area contributed by atoms with Gasteiger partial charge in [0.05, 0.1) is 5.56 Å². The van der Waals surface area contributed by atoms with E-state index in [9.17, 15) is 4.79 Å². The van der Waals surface area contributed by atoms with Gasteiger partial charge in [-0.05, 0) is 49.7 Å². The highest BCUT2D eigenvalue weighted by atomic mass is 35.5. The van der Waals surface area contributed by atoms with Crippen LogP contribution in [0.2, 0.25) is 10.0 Å². The Morgan fingerprint density at radius 1 is 1.00 bits per heavy atom. The van der Waals surface area contributed by atoms with E-state index in [2.05, 4.69) is 5.32 Å². The number of benzene rings is 2. The first-order valence-electron chi connectivity index (χ1n) is 7.38. The molecule has 0 saturated carbocycles. The number of hydrogen-bond acceptors (Lipinski definition) is 2. The summed E-state index contributed by atoms with van der Waals surface area (Å²) in [5.41, 5.74) is 2.97. The molecule has 2 aromatic carbocycles. The van der Waals surface area contributed by atoms with Crippen LogP contribution in [0.15, 0.2) is 52.9 Å². The molecule has 24 heavy (non-hydrogen) atoms. The lowest BCUT2D eigenvalue weighted by atomic mass is 10.1. The van der Waals surface area contributed by atoms with Gasteiger partial charge in [0.25, 0.3) is 5.91 Å². The predicted molar refractivity (Wildman–Crippen MR) is 98.0 cm³/mol. The van der Waals surface area contributed by atoms with Gasteiger partial charge in [-0.1, -0.05) is 41.4 Å². The van der Waals surface area contributed by atoms with Crippen LogP contribution in [0, 0.1) is 13.8 Å². The van der Waals surface area contributed by atoms with Gasteiger partial charge in [0, 0.05) is 21.3 Å². The molecule has 1 N–H and O–H groups in total. The van der Waals surface area contributed by atoms with E-state index in [1.807, 2.05) is 31.2 Å². The summed E-state index contributed by atoms with van der Waals surface area (Å²) in [6.07, 6.45) is 0. The van der Waals surface area contributed by atoms with E-state index >= 15 is 0 Å². The Morgan fingerprint density at radius 3 is 2.33 bits per heavy atom. The summed E-state index contributed by atoms with van der Waals surface area (Å²) in [5.74, 6) is 0.865. The Morgan fingerprint density at radius 2 is 1.67 bits per heavy atom. The van der Waals surface area contributed by atoms with Crippen molar-refractivity contribution < 1.29 is 9.21 Å². The highest BCUT2D eigenvalue weighted by molar-refractivity contribution is 6.35. The van der Waals surface area contributed by atoms with Crippen LogP contribution in [0.5, 0.6) is 0 Å². The van der Waals surface area contributed by atoms with Gasteiger partial charge in [-0.2, -0.15) is 0 Å². The fraction of sp³-hybridized carbons (Fsp3) is 0.105. The van der Waals surface area contributed by atoms with E-state index in [1.54, 1.807) is 31.2 Å². The maximum absolute atomic E-state index is 12.5. The zero-order valence-corrected chi connectivity index (χ0v) is 14.7. The molecule has 1 amide bonds. The summed E-state index contributed by atoms with van der Waals surface area (Å²) in [5, 5.41) is 3.93. The van der Waals surface area contributed by atoms with Crippen LogP contribution in [0.1, 0.15) is 21.7 Å². The van der Waals surface area contributed by atoms with Crippen LogP contribution < -0.4 is 5.32 Å². The summed E-state index contributed by atoms with van der Waals surface area (Å²) >= 11 is 12.1. The third-order valence-electron chi connectivity index (χ3n) is 3.70. The van der Waals surface area contributed by atoms with Crippen LogP contribution in [-0.2, 0) is 0 Å². The van der Waals surface area contributed by atoms with Gasteiger partial charge >= 0.3 is 0 Å². The first-order valence-corrected chi connectivity index (χ1v) is 8.13. The molecule has 0 fully saturated rings. The molecule has 122 valence electrons. The van der Waals surface area contributed by atoms with E-state index < -0.39 is 0 Å². The first-order chi connectivity index (χ1) is 11.4. The van der Waals surface area contributed by atoms with Gasteiger partial charge in [-0.15, -0.1) is 0 Å². The lowest BCUT2D eigenvalue weighted by Gasteiger charge is -2.06. The molecule has 0 aliphatic rings. The van der Waals surface area contributed by atoms with Crippen molar-refractivity contribution in [1.82, 2.24) is 0 Å². The van der Waals surface area contributed by atoms with Crippen molar-refractivity contribution in [3.63, 3.8) is 0 Å². The number of carbonyl (C=O) groups excluding carboxylic acids is 1. The summed E-state index contributed by atoms with van der Waals surface area (Å²) in [4.78, 5) is 12.5. The number of aryl methyl sites for hydroxylation is 2. The lowest BCUT2D eigenvalue weighted by molar-refractivity contribution is 0.102. The average molecular weight is 360 g/mol. The monoisotopic (exact) mass is 359 g/mol. The number of rotatable bonds is 3. The van der Waals surface area contributed by atoms with Gasteiger partial charge in [-0.3, -0.25) is 4.79 Å². The van der Waals surface area contributed by atoms with Crippen molar-refractivity contribution in [3.05, 3.63) is 75.5 Å². The molecule has 0 atom stereocenters. The van der Waals surface area contributed by atoms with Crippen LogP contribution in [0.25, 0.3) is 11.3 Å². The van der Waals surface area contributed by atoms with E-state index in [-0.39, 0.29) is 5.91 Å². The Labute approximate surface area is 150 Å². The third kappa shape index (κ3) is 3.48. The molecular formula is C19H15Cl2NO2. The number of carbonyl (C=O) groups is 1. The maximum Gasteiger partial charge on any atom is 0.259 e. The topological polar surface area (TPSA) is 42.2 Å². The molecular weight excluding hydrogens is 345 g/mol. The molecule has 0 spiro atoms. The third-order valence-corrected chi connectivity index (χ3v) is 4.14. The predicted octanol–water partition coefficient (Wildman–Crippen LogP) is 6.12. The maximum atomic E-state index is 12.5. The van der Waals surface area contributed by atoms with Crippen LogP contribution in [0.3, 0.4) is 0 Å². The molecule has 0 radical (unpaired) electrons. The molecule has 0 bridgehead atoms. The van der Waals surface area contributed by atoms with E-state index in [0.29, 0.717) is 27.1 Å². The summed E-state index contributed by atoms with van der Waals surface area (Å²) in [6.45, 7) is 3.69. The number of hydrogen-bond donors (Lipinski definition) is 1. The van der Waals surface area contributed by atoms with Crippen molar-refractivity contribution in [2.24, 2.45) is 0 Å². The fourth-order valence-corrected chi connectivity index (χ4v) is 2.97. The zero-order chi connectivity index (χ0) is 17.3. The molecule has 3 nitrogen and oxygen atoms in total. The largest absolute Gasteiger partial charge is 0.461 e. The van der Waals surface area contributed by atoms with E-state index in [1.165, 1.54) is 0 Å². The molecule has 0 aliphatic carbocycles. The summed E-state index contributed by atoms with van der Waals surface area (Å²) in [6, 6.07) is 14.4. The molecule has 1 heterocycles. The second-order valence-electron chi connectivity index (χ2n) is 5.51. The van der Waals surface area contributed by atoms with Crippen LogP contribution >= 0.6 is 23.2 Å². The van der Waals surface area contributed by atoms with Gasteiger partial charge in [0.2, 0.25) is 0 Å². The number of amides is 1. The van der Waals surface area contributed by atoms with Gasteiger partial charge in [0.15, 0.2) is 0 Å².